The first-order chi connectivity index (χ1) is 8.69. The van der Waals surface area contributed by atoms with Crippen LogP contribution < -0.4 is 15.8 Å². The number of thiazole rings is 1. The van der Waals surface area contributed by atoms with Gasteiger partial charge in [-0.3, -0.25) is 0 Å². The highest BCUT2D eigenvalue weighted by Gasteiger charge is 2.02. The van der Waals surface area contributed by atoms with Crippen LogP contribution in [0, 0.1) is 6.92 Å². The van der Waals surface area contributed by atoms with Gasteiger partial charge in [0.1, 0.15) is 5.75 Å². The Morgan fingerprint density at radius 3 is 2.89 bits per heavy atom. The first kappa shape index (κ1) is 12.9. The normalized spacial score (nSPS) is 10.6. The molecule has 2 rings (SSSR count). The van der Waals surface area contributed by atoms with Crippen molar-refractivity contribution in [3.8, 4) is 5.75 Å². The number of nitrogens with zero attached hydrogens (tertiary/aromatic N) is 1. The smallest absolute Gasteiger partial charge is 0.119 e. The Labute approximate surface area is 111 Å². The molecular formula is C13H17N3OS. The van der Waals surface area contributed by atoms with E-state index in [1.807, 2.05) is 31.3 Å². The van der Waals surface area contributed by atoms with E-state index in [4.69, 9.17) is 10.5 Å². The maximum atomic E-state index is 5.92. The minimum atomic E-state index is 0.722. The molecule has 2 aromatic rings. The molecule has 0 bridgehead atoms. The molecular weight excluding hydrogens is 246 g/mol. The summed E-state index contributed by atoms with van der Waals surface area (Å²) in [5.41, 5.74) is 7.76. The summed E-state index contributed by atoms with van der Waals surface area (Å²) >= 11 is 1.71. The van der Waals surface area contributed by atoms with E-state index in [0.717, 1.165) is 35.1 Å². The van der Waals surface area contributed by atoms with Crippen molar-refractivity contribution in [1.82, 2.24) is 10.3 Å². The van der Waals surface area contributed by atoms with Crippen LogP contribution in [0.4, 0.5) is 5.69 Å². The molecule has 0 saturated carbocycles. The molecule has 1 aromatic heterocycles. The molecule has 0 aliphatic heterocycles. The number of hydrogen-bond donors (Lipinski definition) is 2. The lowest BCUT2D eigenvalue weighted by Gasteiger charge is -2.08. The van der Waals surface area contributed by atoms with Crippen LogP contribution in [0.3, 0.4) is 0 Å². The number of nitrogens with two attached hydrogens (primary N) is 1. The first-order valence-electron chi connectivity index (χ1n) is 5.73. The van der Waals surface area contributed by atoms with E-state index in [1.54, 1.807) is 18.4 Å². The quantitative estimate of drug-likeness (QED) is 0.813. The highest BCUT2D eigenvalue weighted by molar-refractivity contribution is 7.11. The number of aryl methyl sites for hydroxylation is 1. The highest BCUT2D eigenvalue weighted by Crippen LogP contribution is 2.19. The second-order valence-electron chi connectivity index (χ2n) is 4.01. The van der Waals surface area contributed by atoms with Crippen molar-refractivity contribution >= 4 is 17.0 Å². The van der Waals surface area contributed by atoms with Crippen molar-refractivity contribution in [3.63, 3.8) is 0 Å². The van der Waals surface area contributed by atoms with Crippen molar-refractivity contribution in [3.05, 3.63) is 39.8 Å². The molecule has 0 spiro atoms. The summed E-state index contributed by atoms with van der Waals surface area (Å²) in [6.45, 7) is 3.54. The van der Waals surface area contributed by atoms with Crippen LogP contribution >= 0.6 is 11.3 Å². The van der Waals surface area contributed by atoms with E-state index in [1.165, 1.54) is 4.88 Å². The van der Waals surface area contributed by atoms with E-state index in [-0.39, 0.29) is 0 Å². The Morgan fingerprint density at radius 2 is 2.22 bits per heavy atom. The van der Waals surface area contributed by atoms with Gasteiger partial charge in [-0.1, -0.05) is 0 Å². The van der Waals surface area contributed by atoms with Crippen LogP contribution in [0.5, 0.6) is 5.75 Å². The van der Waals surface area contributed by atoms with Gasteiger partial charge in [0.25, 0.3) is 0 Å². The minimum absolute atomic E-state index is 0.722. The van der Waals surface area contributed by atoms with Gasteiger partial charge in [-0.05, 0) is 30.7 Å². The Morgan fingerprint density at radius 1 is 1.39 bits per heavy atom. The van der Waals surface area contributed by atoms with Crippen molar-refractivity contribution in [2.24, 2.45) is 0 Å². The number of methoxy groups -OCH3 is 1. The third-order valence-corrected chi connectivity index (χ3v) is 3.55. The Kier molecular flexibility index (Phi) is 4.17. The van der Waals surface area contributed by atoms with Gasteiger partial charge in [0, 0.05) is 29.9 Å². The zero-order chi connectivity index (χ0) is 13.0. The predicted molar refractivity (Wildman–Crippen MR) is 74.8 cm³/mol. The van der Waals surface area contributed by atoms with Crippen molar-refractivity contribution in [2.45, 2.75) is 20.0 Å². The molecule has 1 heterocycles. The number of ether oxygens (including phenoxy) is 1. The standard InChI is InChI=1S/C13H17N3OS/c1-9-16-8-12(18-9)7-15-6-10-5-11(17-2)3-4-13(10)14/h3-5,8,15H,6-7,14H2,1-2H3. The van der Waals surface area contributed by atoms with Gasteiger partial charge < -0.3 is 15.8 Å². The van der Waals surface area contributed by atoms with Crippen LogP contribution in [0.2, 0.25) is 0 Å². The number of aromatic nitrogens is 1. The fraction of sp³-hybridized carbons (Fsp3) is 0.308. The SMILES string of the molecule is COc1ccc(N)c(CNCc2cnc(C)s2)c1. The second-order valence-corrected chi connectivity index (χ2v) is 5.33. The van der Waals surface area contributed by atoms with Crippen molar-refractivity contribution < 1.29 is 4.74 Å². The van der Waals surface area contributed by atoms with E-state index in [2.05, 4.69) is 10.3 Å². The third-order valence-electron chi connectivity index (χ3n) is 2.63. The zero-order valence-corrected chi connectivity index (χ0v) is 11.4. The van der Waals surface area contributed by atoms with Crippen LogP contribution in [-0.4, -0.2) is 12.1 Å². The molecule has 96 valence electrons. The Balaban J connectivity index is 1.93. The van der Waals surface area contributed by atoms with Gasteiger partial charge in [-0.15, -0.1) is 11.3 Å². The van der Waals surface area contributed by atoms with Crippen LogP contribution in [-0.2, 0) is 13.1 Å². The third kappa shape index (κ3) is 3.21. The topological polar surface area (TPSA) is 60.2 Å². The maximum absolute atomic E-state index is 5.92. The predicted octanol–water partition coefficient (Wildman–Crippen LogP) is 2.33. The molecule has 0 atom stereocenters. The van der Waals surface area contributed by atoms with Gasteiger partial charge in [0.05, 0.1) is 12.1 Å². The minimum Gasteiger partial charge on any atom is -0.497 e. The number of anilines is 1. The number of hydrogen-bond acceptors (Lipinski definition) is 5. The Bertz CT molecular complexity index is 525. The summed E-state index contributed by atoms with van der Waals surface area (Å²) in [6.07, 6.45) is 1.90. The molecule has 4 nitrogen and oxygen atoms in total. The molecule has 18 heavy (non-hydrogen) atoms. The summed E-state index contributed by atoms with van der Waals surface area (Å²) in [4.78, 5) is 5.45. The number of nitrogens with one attached hydrogen (secondary N) is 1. The van der Waals surface area contributed by atoms with Gasteiger partial charge in [0.2, 0.25) is 0 Å². The summed E-state index contributed by atoms with van der Waals surface area (Å²) in [5, 5.41) is 4.45. The van der Waals surface area contributed by atoms with Crippen molar-refractivity contribution in [1.29, 1.82) is 0 Å². The molecule has 3 N–H and O–H groups in total. The van der Waals surface area contributed by atoms with Gasteiger partial charge in [0.15, 0.2) is 0 Å². The van der Waals surface area contributed by atoms with Gasteiger partial charge in [-0.25, -0.2) is 4.98 Å². The first-order valence-corrected chi connectivity index (χ1v) is 6.55. The monoisotopic (exact) mass is 263 g/mol. The largest absolute Gasteiger partial charge is 0.497 e. The van der Waals surface area contributed by atoms with Crippen molar-refractivity contribution in [2.75, 3.05) is 12.8 Å². The van der Waals surface area contributed by atoms with E-state index in [0.29, 0.717) is 0 Å². The summed E-state index contributed by atoms with van der Waals surface area (Å²) < 4.78 is 5.19. The molecule has 0 aliphatic carbocycles. The average Bonchev–Trinajstić information content (AvgIpc) is 2.77. The summed E-state index contributed by atoms with van der Waals surface area (Å²) in [6, 6.07) is 5.69. The van der Waals surface area contributed by atoms with E-state index in [9.17, 15) is 0 Å². The summed E-state index contributed by atoms with van der Waals surface area (Å²) in [5.74, 6) is 0.828. The summed E-state index contributed by atoms with van der Waals surface area (Å²) in [7, 11) is 1.66. The molecule has 5 heteroatoms. The fourth-order valence-electron chi connectivity index (χ4n) is 1.67. The molecule has 0 amide bonds. The van der Waals surface area contributed by atoms with Gasteiger partial charge >= 0.3 is 0 Å². The van der Waals surface area contributed by atoms with Crippen LogP contribution in [0.1, 0.15) is 15.4 Å². The van der Waals surface area contributed by atoms with Crippen LogP contribution in [0.25, 0.3) is 0 Å². The van der Waals surface area contributed by atoms with Crippen LogP contribution in [0.15, 0.2) is 24.4 Å². The lowest BCUT2D eigenvalue weighted by Crippen LogP contribution is -2.13. The Hall–Kier alpha value is -1.59. The molecule has 0 radical (unpaired) electrons. The molecule has 0 fully saturated rings. The van der Waals surface area contributed by atoms with E-state index >= 15 is 0 Å². The maximum Gasteiger partial charge on any atom is 0.119 e. The number of benzene rings is 1. The molecule has 0 saturated heterocycles. The molecule has 0 aliphatic rings. The zero-order valence-electron chi connectivity index (χ0n) is 10.6. The average molecular weight is 263 g/mol. The van der Waals surface area contributed by atoms with E-state index < -0.39 is 0 Å². The molecule has 0 unspecified atom stereocenters. The fourth-order valence-corrected chi connectivity index (χ4v) is 2.43. The lowest BCUT2D eigenvalue weighted by molar-refractivity contribution is 0.414. The van der Waals surface area contributed by atoms with Gasteiger partial charge in [-0.2, -0.15) is 0 Å². The second kappa shape index (κ2) is 5.84. The highest BCUT2D eigenvalue weighted by atomic mass is 32.1. The lowest BCUT2D eigenvalue weighted by atomic mass is 10.1. The number of rotatable bonds is 5. The number of nitrogen functional groups attached to an aromatic ring is 1. The molecule has 1 aromatic carbocycles.